The summed E-state index contributed by atoms with van der Waals surface area (Å²) in [6.45, 7) is 0. The number of aliphatic imine (C=N–C) groups is 1. The summed E-state index contributed by atoms with van der Waals surface area (Å²) in [5.41, 5.74) is 0.562. The van der Waals surface area contributed by atoms with Gasteiger partial charge in [0.15, 0.2) is 41.3 Å². The summed E-state index contributed by atoms with van der Waals surface area (Å²) in [7, 11) is 0. The van der Waals surface area contributed by atoms with Crippen molar-refractivity contribution in [3.8, 4) is 36.4 Å². The molecular formula is C18H6N12+2. The average molecular weight is 390 g/mol. The molecule has 2 aliphatic heterocycles. The fourth-order valence-electron chi connectivity index (χ4n) is 3.36. The molecule has 1 aromatic heterocycles. The molecule has 2 atom stereocenters. The first-order valence-corrected chi connectivity index (χ1v) is 8.22. The van der Waals surface area contributed by atoms with Crippen molar-refractivity contribution in [1.29, 1.82) is 31.6 Å². The zero-order valence-electron chi connectivity index (χ0n) is 14.7. The molecule has 30 heavy (non-hydrogen) atoms. The van der Waals surface area contributed by atoms with Crippen LogP contribution >= 0.6 is 0 Å². The second-order valence-corrected chi connectivity index (χ2v) is 6.10. The molecule has 1 aromatic rings. The molecule has 4 rings (SSSR count). The maximum absolute atomic E-state index is 9.37. The molecule has 1 aliphatic carbocycles. The maximum atomic E-state index is 9.37. The van der Waals surface area contributed by atoms with Gasteiger partial charge in [0.05, 0.1) is 0 Å². The lowest BCUT2D eigenvalue weighted by Gasteiger charge is -2.32. The van der Waals surface area contributed by atoms with E-state index >= 15 is 0 Å². The number of nitrogens with zero attached hydrogens (tertiary/aromatic N) is 8. The quantitative estimate of drug-likeness (QED) is 0.412. The van der Waals surface area contributed by atoms with E-state index in [-0.39, 0.29) is 51.3 Å². The summed E-state index contributed by atoms with van der Waals surface area (Å²) >= 11 is 0. The Morgan fingerprint density at radius 1 is 0.800 bits per heavy atom. The Morgan fingerprint density at radius 2 is 1.53 bits per heavy atom. The molecule has 0 bridgehead atoms. The molecule has 4 N–H and O–H groups in total. The number of hydrogen-bond donors (Lipinski definition) is 3. The van der Waals surface area contributed by atoms with Gasteiger partial charge in [0.2, 0.25) is 11.4 Å². The van der Waals surface area contributed by atoms with Gasteiger partial charge in [0, 0.05) is 0 Å². The zero-order valence-corrected chi connectivity index (χ0v) is 14.7. The van der Waals surface area contributed by atoms with Crippen LogP contribution in [0.3, 0.4) is 0 Å². The molecule has 0 saturated carbocycles. The van der Waals surface area contributed by atoms with E-state index in [0.29, 0.717) is 5.71 Å². The minimum Gasteiger partial charge on any atom is -0.357 e. The molecule has 0 fully saturated rings. The zero-order chi connectivity index (χ0) is 21.4. The molecule has 3 aliphatic rings. The lowest BCUT2D eigenvalue weighted by atomic mass is 9.84. The highest BCUT2D eigenvalue weighted by atomic mass is 15.1. The summed E-state index contributed by atoms with van der Waals surface area (Å²) < 4.78 is 0. The van der Waals surface area contributed by atoms with Gasteiger partial charge in [-0.2, -0.15) is 41.5 Å². The summed E-state index contributed by atoms with van der Waals surface area (Å²) in [5, 5.41) is 62.0. The van der Waals surface area contributed by atoms with E-state index in [0.717, 1.165) is 0 Å². The minimum absolute atomic E-state index is 0.0353. The average Bonchev–Trinajstić information content (AvgIpc) is 2.81. The van der Waals surface area contributed by atoms with Gasteiger partial charge in [-0.15, -0.1) is 0 Å². The van der Waals surface area contributed by atoms with E-state index in [9.17, 15) is 31.6 Å². The standard InChI is InChI=1S/C18H4N12/c19-1-7-8(2-20)26-14-13(25-7)15-17(29-10(4-22)9(3-21)27-15)18-16(14)28-11(5-23)12(6-24)30-18/h13,16,25,28H/p+2. The molecule has 0 aromatic carbocycles. The van der Waals surface area contributed by atoms with Crippen molar-refractivity contribution in [2.45, 2.75) is 12.1 Å². The van der Waals surface area contributed by atoms with E-state index in [1.54, 1.807) is 0 Å². The van der Waals surface area contributed by atoms with Crippen molar-refractivity contribution in [3.63, 3.8) is 0 Å². The number of rotatable bonds is 0. The third kappa shape index (κ3) is 2.34. The fourth-order valence-corrected chi connectivity index (χ4v) is 3.36. The first-order chi connectivity index (χ1) is 14.6. The van der Waals surface area contributed by atoms with Crippen LogP contribution in [-0.4, -0.2) is 22.4 Å². The Hall–Kier alpha value is -5.56. The second kappa shape index (κ2) is 6.55. The van der Waals surface area contributed by atoms with E-state index in [1.165, 1.54) is 0 Å². The summed E-state index contributed by atoms with van der Waals surface area (Å²) in [6, 6.07) is 9.58. The van der Waals surface area contributed by atoms with Crippen LogP contribution in [0.25, 0.3) is 0 Å². The Balaban J connectivity index is 2.07. The van der Waals surface area contributed by atoms with E-state index in [1.807, 2.05) is 36.4 Å². The van der Waals surface area contributed by atoms with Crippen LogP contribution in [0.4, 0.5) is 0 Å². The van der Waals surface area contributed by atoms with E-state index < -0.39 is 12.1 Å². The van der Waals surface area contributed by atoms with E-state index in [2.05, 4.69) is 30.6 Å². The van der Waals surface area contributed by atoms with Crippen LogP contribution in [0.15, 0.2) is 27.8 Å². The SMILES string of the molecule is N#CC1=C(C#N)NC2C(=N1)c1[nH+]c(C#N)c(C#N)nc1C1NC(C#N)=C(C#N)[NH+]=C21. The summed E-state index contributed by atoms with van der Waals surface area (Å²) in [6.07, 6.45) is 0. The number of aromatic nitrogens is 2. The van der Waals surface area contributed by atoms with Crippen LogP contribution in [-0.2, 0) is 0 Å². The van der Waals surface area contributed by atoms with Gasteiger partial charge in [0.25, 0.3) is 5.69 Å². The van der Waals surface area contributed by atoms with Crippen molar-refractivity contribution in [2.75, 3.05) is 0 Å². The van der Waals surface area contributed by atoms with Gasteiger partial charge < -0.3 is 10.6 Å². The largest absolute Gasteiger partial charge is 0.357 e. The Morgan fingerprint density at radius 3 is 2.13 bits per heavy atom. The first kappa shape index (κ1) is 17.8. The highest BCUT2D eigenvalue weighted by molar-refractivity contribution is 6.22. The summed E-state index contributed by atoms with van der Waals surface area (Å²) in [5.74, 6) is 0. The molecule has 0 radical (unpaired) electrons. The number of nitriles is 6. The number of aromatic amines is 1. The smallest absolute Gasteiger partial charge is 0.319 e. The van der Waals surface area contributed by atoms with Crippen molar-refractivity contribution in [2.24, 2.45) is 4.99 Å². The topological polar surface area (TPSA) is 220 Å². The van der Waals surface area contributed by atoms with Crippen LogP contribution in [0.1, 0.15) is 28.8 Å². The normalized spacial score (nSPS) is 20.5. The predicted molar refractivity (Wildman–Crippen MR) is 92.0 cm³/mol. The molecule has 3 heterocycles. The van der Waals surface area contributed by atoms with Gasteiger partial charge in [0.1, 0.15) is 35.7 Å². The fraction of sp³-hybridized carbons (Fsp3) is 0.111. The van der Waals surface area contributed by atoms with Crippen molar-refractivity contribution >= 4 is 11.4 Å². The van der Waals surface area contributed by atoms with Gasteiger partial charge in [-0.25, -0.2) is 9.98 Å². The molecule has 0 amide bonds. The number of hydrogen-bond acceptors (Lipinski definition) is 10. The van der Waals surface area contributed by atoms with Crippen LogP contribution < -0.4 is 20.6 Å². The molecule has 0 saturated heterocycles. The lowest BCUT2D eigenvalue weighted by molar-refractivity contribution is -0.401. The monoisotopic (exact) mass is 390 g/mol. The minimum atomic E-state index is -0.789. The molecule has 12 heteroatoms. The summed E-state index contributed by atoms with van der Waals surface area (Å²) in [4.78, 5) is 14.2. The van der Waals surface area contributed by atoms with Gasteiger partial charge in [-0.05, 0) is 0 Å². The highest BCUT2D eigenvalue weighted by Crippen LogP contribution is 2.29. The molecule has 2 unspecified atom stereocenters. The van der Waals surface area contributed by atoms with Gasteiger partial charge >= 0.3 is 11.4 Å². The van der Waals surface area contributed by atoms with Crippen LogP contribution in [0.5, 0.6) is 0 Å². The highest BCUT2D eigenvalue weighted by Gasteiger charge is 2.51. The van der Waals surface area contributed by atoms with Gasteiger partial charge in [-0.3, -0.25) is 0 Å². The number of allylic oxidation sites excluding steroid dienone is 4. The molecular weight excluding hydrogens is 384 g/mol. The number of H-pyrrole nitrogens is 1. The Labute approximate surface area is 168 Å². The third-order valence-electron chi connectivity index (χ3n) is 4.62. The molecule has 136 valence electrons. The first-order valence-electron chi connectivity index (χ1n) is 8.22. The van der Waals surface area contributed by atoms with Crippen molar-refractivity contribution in [1.82, 2.24) is 15.6 Å². The molecule has 12 nitrogen and oxygen atoms in total. The predicted octanol–water partition coefficient (Wildman–Crippen LogP) is -2.90. The Kier molecular flexibility index (Phi) is 3.90. The number of nitrogens with one attached hydrogen (secondary N) is 4. The maximum Gasteiger partial charge on any atom is 0.319 e. The second-order valence-electron chi connectivity index (χ2n) is 6.10. The van der Waals surface area contributed by atoms with Crippen molar-refractivity contribution in [3.05, 3.63) is 45.6 Å². The third-order valence-corrected chi connectivity index (χ3v) is 4.62. The lowest BCUT2D eigenvalue weighted by Crippen LogP contribution is -2.81. The Bertz CT molecular complexity index is 1410. The van der Waals surface area contributed by atoms with Crippen LogP contribution in [0, 0.1) is 68.0 Å². The van der Waals surface area contributed by atoms with Crippen molar-refractivity contribution < 1.29 is 9.98 Å². The molecule has 0 spiro atoms. The van der Waals surface area contributed by atoms with E-state index in [4.69, 9.17) is 0 Å². The van der Waals surface area contributed by atoms with Gasteiger partial charge in [-0.1, -0.05) is 0 Å². The van der Waals surface area contributed by atoms with Crippen LogP contribution in [0.2, 0.25) is 0 Å². The number of fused-ring (bicyclic) bond motifs is 6.